The third-order valence-corrected chi connectivity index (χ3v) is 7.53. The number of nitrogens with zero attached hydrogens (tertiary/aromatic N) is 2. The first-order chi connectivity index (χ1) is 16.2. The highest BCUT2D eigenvalue weighted by Gasteiger charge is 2.30. The summed E-state index contributed by atoms with van der Waals surface area (Å²) < 4.78 is 27.6. The van der Waals surface area contributed by atoms with Crippen molar-refractivity contribution in [1.29, 1.82) is 0 Å². The lowest BCUT2D eigenvalue weighted by Crippen LogP contribution is -2.34. The van der Waals surface area contributed by atoms with Crippen molar-refractivity contribution in [2.75, 3.05) is 16.2 Å². The number of carbonyl (C=O) groups is 1. The number of nitro groups is 1. The van der Waals surface area contributed by atoms with E-state index in [-0.39, 0.29) is 20.6 Å². The van der Waals surface area contributed by atoms with Crippen LogP contribution in [0.1, 0.15) is 15.9 Å². The molecule has 1 aliphatic rings. The number of rotatable bonds is 5. The molecule has 1 amide bonds. The van der Waals surface area contributed by atoms with Gasteiger partial charge in [0.15, 0.2) is 5.11 Å². The number of carbonyl (C=O) groups excluding carboxylic acids is 1. The third-order valence-electron chi connectivity index (χ3n) is 5.18. The van der Waals surface area contributed by atoms with Gasteiger partial charge in [0.2, 0.25) is 0 Å². The molecule has 1 heterocycles. The van der Waals surface area contributed by atoms with Gasteiger partial charge in [0.1, 0.15) is 5.02 Å². The van der Waals surface area contributed by atoms with Gasteiger partial charge in [0.05, 0.1) is 15.5 Å². The molecule has 9 nitrogen and oxygen atoms in total. The molecule has 0 radical (unpaired) electrons. The summed E-state index contributed by atoms with van der Waals surface area (Å²) in [6.07, 6.45) is 0.653. The van der Waals surface area contributed by atoms with Crippen molar-refractivity contribution in [3.8, 4) is 0 Å². The zero-order valence-electron chi connectivity index (χ0n) is 17.4. The molecular weight excluding hydrogens is 500 g/mol. The van der Waals surface area contributed by atoms with Gasteiger partial charge in [-0.1, -0.05) is 29.8 Å². The maximum atomic E-state index is 13.1. The lowest BCUT2D eigenvalue weighted by atomic mass is 10.2. The van der Waals surface area contributed by atoms with Crippen LogP contribution in [0.2, 0.25) is 5.02 Å². The first kappa shape index (κ1) is 23.6. The Morgan fingerprint density at radius 1 is 1.09 bits per heavy atom. The summed E-state index contributed by atoms with van der Waals surface area (Å²) in [6, 6.07) is 17.0. The molecule has 0 aliphatic carbocycles. The first-order valence-corrected chi connectivity index (χ1v) is 12.2. The van der Waals surface area contributed by atoms with E-state index in [1.54, 1.807) is 12.1 Å². The van der Waals surface area contributed by atoms with Gasteiger partial charge in [-0.25, -0.2) is 8.42 Å². The maximum Gasteiger partial charge on any atom is 0.288 e. The Hall–Kier alpha value is -3.54. The molecule has 4 rings (SSSR count). The number of fused-ring (bicyclic) bond motifs is 1. The van der Waals surface area contributed by atoms with E-state index in [2.05, 4.69) is 10.6 Å². The standard InChI is InChI=1S/C22H17ClN4O5S2/c23-18-10-5-15(13-20(18)27(29)30)21(28)25-22(33)24-16-6-8-17(9-7-16)34(31,32)26-12-11-14-3-1-2-4-19(14)26/h1-10,13H,11-12H2,(H2,24,25,28,33). The topological polar surface area (TPSA) is 122 Å². The molecule has 3 aromatic rings. The predicted molar refractivity (Wildman–Crippen MR) is 133 cm³/mol. The van der Waals surface area contributed by atoms with Gasteiger partial charge in [-0.05, 0) is 66.7 Å². The fraction of sp³-hybridized carbons (Fsp3) is 0.0909. The molecule has 0 fully saturated rings. The Labute approximate surface area is 205 Å². The molecule has 0 aromatic heterocycles. The van der Waals surface area contributed by atoms with Gasteiger partial charge in [-0.15, -0.1) is 0 Å². The summed E-state index contributed by atoms with van der Waals surface area (Å²) in [4.78, 5) is 22.8. The van der Waals surface area contributed by atoms with Gasteiger partial charge in [0, 0.05) is 23.9 Å². The number of benzene rings is 3. The van der Waals surface area contributed by atoms with Crippen molar-refractivity contribution in [3.63, 3.8) is 0 Å². The van der Waals surface area contributed by atoms with E-state index in [9.17, 15) is 23.3 Å². The minimum absolute atomic E-state index is 0.00702. The van der Waals surface area contributed by atoms with E-state index >= 15 is 0 Å². The Kier molecular flexibility index (Phi) is 6.51. The smallest absolute Gasteiger partial charge is 0.288 e. The average molecular weight is 517 g/mol. The second-order valence-electron chi connectivity index (χ2n) is 7.31. The second kappa shape index (κ2) is 9.37. The summed E-state index contributed by atoms with van der Waals surface area (Å²) >= 11 is 10.9. The molecule has 0 atom stereocenters. The summed E-state index contributed by atoms with van der Waals surface area (Å²) in [5.74, 6) is -0.663. The number of nitrogens with one attached hydrogen (secondary N) is 2. The Morgan fingerprint density at radius 3 is 2.50 bits per heavy atom. The van der Waals surface area contributed by atoms with Crippen molar-refractivity contribution < 1.29 is 18.1 Å². The minimum Gasteiger partial charge on any atom is -0.332 e. The molecule has 0 saturated carbocycles. The lowest BCUT2D eigenvalue weighted by Gasteiger charge is -2.19. The summed E-state index contributed by atoms with van der Waals surface area (Å²) in [6.45, 7) is 0.376. The van der Waals surface area contributed by atoms with Gasteiger partial charge >= 0.3 is 0 Å². The zero-order chi connectivity index (χ0) is 24.5. The van der Waals surface area contributed by atoms with Crippen LogP contribution in [-0.2, 0) is 16.4 Å². The van der Waals surface area contributed by atoms with Crippen LogP contribution in [0.3, 0.4) is 0 Å². The molecule has 12 heteroatoms. The highest BCUT2D eigenvalue weighted by molar-refractivity contribution is 7.92. The molecule has 3 aromatic carbocycles. The summed E-state index contributed by atoms with van der Waals surface area (Å²) in [7, 11) is -3.73. The molecule has 2 N–H and O–H groups in total. The number of sulfonamides is 1. The number of hydrogen-bond donors (Lipinski definition) is 2. The quantitative estimate of drug-likeness (QED) is 0.297. The highest BCUT2D eigenvalue weighted by Crippen LogP contribution is 2.33. The van der Waals surface area contributed by atoms with Gasteiger partial charge < -0.3 is 5.32 Å². The Morgan fingerprint density at radius 2 is 1.79 bits per heavy atom. The van der Waals surface area contributed by atoms with Crippen LogP contribution in [0.4, 0.5) is 17.1 Å². The normalized spacial score (nSPS) is 12.7. The molecular formula is C22H17ClN4O5S2. The van der Waals surface area contributed by atoms with Gasteiger partial charge in [-0.3, -0.25) is 24.5 Å². The fourth-order valence-corrected chi connectivity index (χ4v) is 5.43. The van der Waals surface area contributed by atoms with Crippen LogP contribution in [0.25, 0.3) is 0 Å². The van der Waals surface area contributed by atoms with E-state index in [0.29, 0.717) is 24.3 Å². The van der Waals surface area contributed by atoms with Crippen LogP contribution in [0.15, 0.2) is 71.6 Å². The van der Waals surface area contributed by atoms with Crippen LogP contribution in [0.5, 0.6) is 0 Å². The number of nitro benzene ring substituents is 1. The van der Waals surface area contributed by atoms with Crippen LogP contribution in [0, 0.1) is 10.1 Å². The lowest BCUT2D eigenvalue weighted by molar-refractivity contribution is -0.384. The Balaban J connectivity index is 1.43. The number of anilines is 2. The predicted octanol–water partition coefficient (Wildman–Crippen LogP) is 4.13. The molecule has 0 spiro atoms. The van der Waals surface area contributed by atoms with Gasteiger partial charge in [0.25, 0.3) is 21.6 Å². The number of hydrogen-bond acceptors (Lipinski definition) is 6. The van der Waals surface area contributed by atoms with E-state index in [1.807, 2.05) is 12.1 Å². The van der Waals surface area contributed by atoms with Crippen LogP contribution >= 0.6 is 23.8 Å². The number of thiocarbonyl (C=S) groups is 1. The average Bonchev–Trinajstić information content (AvgIpc) is 3.24. The highest BCUT2D eigenvalue weighted by atomic mass is 35.5. The van der Waals surface area contributed by atoms with E-state index < -0.39 is 26.5 Å². The van der Waals surface area contributed by atoms with E-state index in [0.717, 1.165) is 11.6 Å². The van der Waals surface area contributed by atoms with E-state index in [1.165, 1.54) is 40.7 Å². The van der Waals surface area contributed by atoms with Gasteiger partial charge in [-0.2, -0.15) is 0 Å². The van der Waals surface area contributed by atoms with Crippen molar-refractivity contribution in [3.05, 3.63) is 93.0 Å². The Bertz CT molecular complexity index is 1410. The molecule has 0 bridgehead atoms. The number of amides is 1. The number of para-hydroxylation sites is 1. The molecule has 174 valence electrons. The zero-order valence-corrected chi connectivity index (χ0v) is 19.8. The molecule has 0 unspecified atom stereocenters. The first-order valence-electron chi connectivity index (χ1n) is 9.94. The van der Waals surface area contributed by atoms with Crippen molar-refractivity contribution in [2.45, 2.75) is 11.3 Å². The number of halogens is 1. The molecule has 0 saturated heterocycles. The summed E-state index contributed by atoms with van der Waals surface area (Å²) in [5, 5.41) is 16.1. The molecule has 1 aliphatic heterocycles. The van der Waals surface area contributed by atoms with Crippen molar-refractivity contribution in [1.82, 2.24) is 5.32 Å². The van der Waals surface area contributed by atoms with Crippen molar-refractivity contribution in [2.24, 2.45) is 0 Å². The third kappa shape index (κ3) is 4.72. The second-order valence-corrected chi connectivity index (χ2v) is 9.99. The largest absolute Gasteiger partial charge is 0.332 e. The van der Waals surface area contributed by atoms with Crippen LogP contribution in [-0.4, -0.2) is 30.9 Å². The summed E-state index contributed by atoms with van der Waals surface area (Å²) in [5.41, 5.74) is 1.72. The van der Waals surface area contributed by atoms with Crippen molar-refractivity contribution >= 4 is 61.9 Å². The fourth-order valence-electron chi connectivity index (χ4n) is 3.53. The van der Waals surface area contributed by atoms with Crippen LogP contribution < -0.4 is 14.9 Å². The maximum absolute atomic E-state index is 13.1. The molecule has 34 heavy (non-hydrogen) atoms. The monoisotopic (exact) mass is 516 g/mol. The SMILES string of the molecule is O=C(NC(=S)Nc1ccc(S(=O)(=O)N2CCc3ccccc32)cc1)c1ccc(Cl)c([N+](=O)[O-])c1. The minimum atomic E-state index is -3.73. The van der Waals surface area contributed by atoms with E-state index in [4.69, 9.17) is 23.8 Å².